The second-order valence-corrected chi connectivity index (χ2v) is 6.10. The molecule has 1 aromatic rings. The van der Waals surface area contributed by atoms with Crippen molar-refractivity contribution in [1.29, 1.82) is 0 Å². The number of pyridine rings is 1. The number of aryl methyl sites for hydroxylation is 1. The summed E-state index contributed by atoms with van der Waals surface area (Å²) in [7, 11) is 0. The standard InChI is InChI=1S/C16H24N2/c1-12-16(7-4-10-17-12)18-15-9-8-13-5-2-3-6-14(13)11-15/h4,7,10,13-15,18H,2-3,5-6,8-9,11H2,1H3. The van der Waals surface area contributed by atoms with Crippen LogP contribution < -0.4 is 5.32 Å². The first-order valence-corrected chi connectivity index (χ1v) is 7.51. The van der Waals surface area contributed by atoms with Crippen molar-refractivity contribution in [1.82, 2.24) is 4.98 Å². The molecule has 3 atom stereocenters. The van der Waals surface area contributed by atoms with Gasteiger partial charge in [-0.15, -0.1) is 0 Å². The van der Waals surface area contributed by atoms with Crippen LogP contribution in [0.1, 0.15) is 50.6 Å². The van der Waals surface area contributed by atoms with Gasteiger partial charge < -0.3 is 5.32 Å². The van der Waals surface area contributed by atoms with Gasteiger partial charge in [0.1, 0.15) is 0 Å². The van der Waals surface area contributed by atoms with Gasteiger partial charge in [-0.1, -0.05) is 25.7 Å². The number of nitrogens with one attached hydrogen (secondary N) is 1. The van der Waals surface area contributed by atoms with Crippen LogP contribution in [0.5, 0.6) is 0 Å². The van der Waals surface area contributed by atoms with E-state index < -0.39 is 0 Å². The maximum atomic E-state index is 4.36. The van der Waals surface area contributed by atoms with E-state index in [2.05, 4.69) is 23.3 Å². The van der Waals surface area contributed by atoms with Gasteiger partial charge in [0.15, 0.2) is 0 Å². The second-order valence-electron chi connectivity index (χ2n) is 6.10. The van der Waals surface area contributed by atoms with Gasteiger partial charge >= 0.3 is 0 Å². The summed E-state index contributed by atoms with van der Waals surface area (Å²) in [6, 6.07) is 4.86. The summed E-state index contributed by atoms with van der Waals surface area (Å²) in [5.41, 5.74) is 2.36. The van der Waals surface area contributed by atoms with Crippen molar-refractivity contribution in [3.8, 4) is 0 Å². The van der Waals surface area contributed by atoms with Gasteiger partial charge in [0.05, 0.1) is 11.4 Å². The highest BCUT2D eigenvalue weighted by molar-refractivity contribution is 5.47. The van der Waals surface area contributed by atoms with Crippen molar-refractivity contribution >= 4 is 5.69 Å². The van der Waals surface area contributed by atoms with Gasteiger partial charge in [0, 0.05) is 12.2 Å². The van der Waals surface area contributed by atoms with E-state index in [1.54, 1.807) is 0 Å². The lowest BCUT2D eigenvalue weighted by Gasteiger charge is -2.39. The Hall–Kier alpha value is -1.05. The highest BCUT2D eigenvalue weighted by Crippen LogP contribution is 2.41. The molecule has 1 heterocycles. The lowest BCUT2D eigenvalue weighted by Crippen LogP contribution is -2.34. The molecule has 2 nitrogen and oxygen atoms in total. The third-order valence-electron chi connectivity index (χ3n) is 4.91. The fourth-order valence-electron chi connectivity index (χ4n) is 3.86. The van der Waals surface area contributed by atoms with Gasteiger partial charge in [0.25, 0.3) is 0 Å². The van der Waals surface area contributed by atoms with Crippen molar-refractivity contribution in [2.75, 3.05) is 5.32 Å². The third-order valence-corrected chi connectivity index (χ3v) is 4.91. The Bertz CT molecular complexity index is 402. The van der Waals surface area contributed by atoms with E-state index in [0.717, 1.165) is 17.5 Å². The molecular formula is C16H24N2. The Morgan fingerprint density at radius 3 is 2.78 bits per heavy atom. The zero-order valence-corrected chi connectivity index (χ0v) is 11.4. The van der Waals surface area contributed by atoms with Crippen LogP contribution in [0, 0.1) is 18.8 Å². The van der Waals surface area contributed by atoms with Gasteiger partial charge in [0.2, 0.25) is 0 Å². The highest BCUT2D eigenvalue weighted by Gasteiger charge is 2.32. The maximum Gasteiger partial charge on any atom is 0.0603 e. The van der Waals surface area contributed by atoms with E-state index >= 15 is 0 Å². The van der Waals surface area contributed by atoms with E-state index in [-0.39, 0.29) is 0 Å². The molecule has 3 unspecified atom stereocenters. The Morgan fingerprint density at radius 2 is 1.94 bits per heavy atom. The fourth-order valence-corrected chi connectivity index (χ4v) is 3.86. The molecule has 98 valence electrons. The summed E-state index contributed by atoms with van der Waals surface area (Å²) in [6.45, 7) is 2.09. The predicted molar refractivity (Wildman–Crippen MR) is 75.7 cm³/mol. The van der Waals surface area contributed by atoms with Crippen LogP contribution >= 0.6 is 0 Å². The molecule has 0 amide bonds. The lowest BCUT2D eigenvalue weighted by atomic mass is 9.69. The fraction of sp³-hybridized carbons (Fsp3) is 0.688. The first-order chi connectivity index (χ1) is 8.83. The molecule has 0 radical (unpaired) electrons. The minimum atomic E-state index is 0.673. The van der Waals surface area contributed by atoms with Gasteiger partial charge in [-0.25, -0.2) is 0 Å². The van der Waals surface area contributed by atoms with E-state index in [9.17, 15) is 0 Å². The Kier molecular flexibility index (Phi) is 3.53. The molecule has 2 aliphatic carbocycles. The van der Waals surface area contributed by atoms with Crippen molar-refractivity contribution in [3.05, 3.63) is 24.0 Å². The molecule has 2 fully saturated rings. The van der Waals surface area contributed by atoms with Crippen LogP contribution in [0.15, 0.2) is 18.3 Å². The Balaban J connectivity index is 1.63. The molecule has 2 heteroatoms. The molecule has 1 aromatic heterocycles. The number of anilines is 1. The topological polar surface area (TPSA) is 24.9 Å². The van der Waals surface area contributed by atoms with Gasteiger partial charge in [-0.2, -0.15) is 0 Å². The van der Waals surface area contributed by atoms with Crippen molar-refractivity contribution in [3.63, 3.8) is 0 Å². The van der Waals surface area contributed by atoms with Crippen molar-refractivity contribution in [2.24, 2.45) is 11.8 Å². The van der Waals surface area contributed by atoms with Crippen LogP contribution in [-0.2, 0) is 0 Å². The van der Waals surface area contributed by atoms with Crippen molar-refractivity contribution in [2.45, 2.75) is 57.9 Å². The maximum absolute atomic E-state index is 4.36. The van der Waals surface area contributed by atoms with E-state index in [1.165, 1.54) is 50.6 Å². The van der Waals surface area contributed by atoms with Crippen LogP contribution in [0.3, 0.4) is 0 Å². The normalized spacial score (nSPS) is 31.7. The molecule has 3 rings (SSSR count). The van der Waals surface area contributed by atoms with Crippen LogP contribution in [-0.4, -0.2) is 11.0 Å². The average molecular weight is 244 g/mol. The van der Waals surface area contributed by atoms with E-state index in [1.807, 2.05) is 12.3 Å². The molecule has 0 saturated heterocycles. The molecule has 0 spiro atoms. The largest absolute Gasteiger partial charge is 0.381 e. The number of nitrogens with zero attached hydrogens (tertiary/aromatic N) is 1. The Labute approximate surface area is 110 Å². The summed E-state index contributed by atoms with van der Waals surface area (Å²) in [5.74, 6) is 2.02. The first kappa shape index (κ1) is 12.0. The molecular weight excluding hydrogens is 220 g/mol. The minimum Gasteiger partial charge on any atom is -0.381 e. The Morgan fingerprint density at radius 1 is 1.11 bits per heavy atom. The predicted octanol–water partition coefficient (Wildman–Crippen LogP) is 4.16. The van der Waals surface area contributed by atoms with E-state index in [4.69, 9.17) is 0 Å². The number of hydrogen-bond donors (Lipinski definition) is 1. The van der Waals surface area contributed by atoms with Crippen LogP contribution in [0.4, 0.5) is 5.69 Å². The zero-order chi connectivity index (χ0) is 12.4. The first-order valence-electron chi connectivity index (χ1n) is 7.51. The summed E-state index contributed by atoms with van der Waals surface area (Å²) < 4.78 is 0. The number of aromatic nitrogens is 1. The number of hydrogen-bond acceptors (Lipinski definition) is 2. The smallest absolute Gasteiger partial charge is 0.0603 e. The van der Waals surface area contributed by atoms with Crippen molar-refractivity contribution < 1.29 is 0 Å². The molecule has 0 aromatic carbocycles. The summed E-state index contributed by atoms with van der Waals surface area (Å²) in [5, 5.41) is 3.72. The minimum absolute atomic E-state index is 0.673. The number of rotatable bonds is 2. The molecule has 0 aliphatic heterocycles. The highest BCUT2D eigenvalue weighted by atomic mass is 14.9. The summed E-state index contributed by atoms with van der Waals surface area (Å²) in [6.07, 6.45) is 11.9. The SMILES string of the molecule is Cc1ncccc1NC1CCC2CCCCC2C1. The average Bonchev–Trinajstić information content (AvgIpc) is 2.41. The molecule has 0 bridgehead atoms. The number of fused-ring (bicyclic) bond motifs is 1. The second kappa shape index (κ2) is 5.29. The third kappa shape index (κ3) is 2.52. The lowest BCUT2D eigenvalue weighted by molar-refractivity contribution is 0.162. The van der Waals surface area contributed by atoms with Crippen LogP contribution in [0.2, 0.25) is 0 Å². The van der Waals surface area contributed by atoms with Gasteiger partial charge in [-0.3, -0.25) is 4.98 Å². The van der Waals surface area contributed by atoms with Crippen LogP contribution in [0.25, 0.3) is 0 Å². The van der Waals surface area contributed by atoms with Gasteiger partial charge in [-0.05, 0) is 50.2 Å². The van der Waals surface area contributed by atoms with E-state index in [0.29, 0.717) is 6.04 Å². The molecule has 2 aliphatic rings. The quantitative estimate of drug-likeness (QED) is 0.845. The monoisotopic (exact) mass is 244 g/mol. The summed E-state index contributed by atoms with van der Waals surface area (Å²) in [4.78, 5) is 4.36. The summed E-state index contributed by atoms with van der Waals surface area (Å²) >= 11 is 0. The molecule has 2 saturated carbocycles. The molecule has 1 N–H and O–H groups in total. The molecule has 18 heavy (non-hydrogen) atoms. The zero-order valence-electron chi connectivity index (χ0n) is 11.4.